The van der Waals surface area contributed by atoms with E-state index < -0.39 is 0 Å². The Bertz CT molecular complexity index is 594. The van der Waals surface area contributed by atoms with Crippen LogP contribution in [-0.4, -0.2) is 68.0 Å². The normalized spacial score (nSPS) is 18.9. The third kappa shape index (κ3) is 3.06. The topological polar surface area (TPSA) is 53.1 Å². The molecule has 6 nitrogen and oxygen atoms in total. The van der Waals surface area contributed by atoms with Crippen molar-refractivity contribution in [2.45, 2.75) is 6.92 Å². The number of esters is 1. The smallest absolute Gasteiger partial charge is 0.331 e. The fourth-order valence-electron chi connectivity index (χ4n) is 2.82. The monoisotopic (exact) mass is 303 g/mol. The van der Waals surface area contributed by atoms with E-state index in [0.29, 0.717) is 5.75 Å². The molecule has 1 amide bonds. The Morgan fingerprint density at radius 2 is 1.95 bits per heavy atom. The summed E-state index contributed by atoms with van der Waals surface area (Å²) < 4.78 is 5.27. The molecule has 0 aliphatic carbocycles. The first kappa shape index (κ1) is 14.8. The molecule has 6 heteroatoms. The molecule has 2 heterocycles. The minimum atomic E-state index is -0.315. The molecule has 0 aromatic heterocycles. The lowest BCUT2D eigenvalue weighted by Gasteiger charge is -2.35. The standard InChI is InChI=1S/C16H21N3O3/c1-12-3-4-13-14(9-12)22-16(21)11-19(13)10-15(20)18-7-5-17(2)6-8-18/h3-4,9H,5-8,10-11H2,1-2H3. The molecule has 0 unspecified atom stereocenters. The van der Waals surface area contributed by atoms with Crippen molar-refractivity contribution in [3.8, 4) is 5.75 Å². The van der Waals surface area contributed by atoms with Crippen LogP contribution in [0.15, 0.2) is 18.2 Å². The van der Waals surface area contributed by atoms with Crippen LogP contribution >= 0.6 is 0 Å². The van der Waals surface area contributed by atoms with E-state index in [2.05, 4.69) is 11.9 Å². The highest BCUT2D eigenvalue weighted by Gasteiger charge is 2.28. The van der Waals surface area contributed by atoms with Crippen molar-refractivity contribution in [3.05, 3.63) is 23.8 Å². The zero-order chi connectivity index (χ0) is 15.7. The van der Waals surface area contributed by atoms with Crippen molar-refractivity contribution in [1.29, 1.82) is 0 Å². The quantitative estimate of drug-likeness (QED) is 0.588. The van der Waals surface area contributed by atoms with Gasteiger partial charge in [0.15, 0.2) is 5.75 Å². The molecule has 1 fully saturated rings. The second-order valence-corrected chi connectivity index (χ2v) is 5.99. The Labute approximate surface area is 130 Å². The number of amides is 1. The number of nitrogens with zero attached hydrogens (tertiary/aromatic N) is 3. The number of hydrogen-bond acceptors (Lipinski definition) is 5. The summed E-state index contributed by atoms with van der Waals surface area (Å²) in [4.78, 5) is 30.1. The number of ether oxygens (including phenoxy) is 1. The van der Waals surface area contributed by atoms with Crippen LogP contribution in [0.1, 0.15) is 5.56 Å². The molecule has 22 heavy (non-hydrogen) atoms. The van der Waals surface area contributed by atoms with Crippen LogP contribution in [0, 0.1) is 6.92 Å². The van der Waals surface area contributed by atoms with Gasteiger partial charge in [-0.05, 0) is 31.7 Å². The first-order chi connectivity index (χ1) is 10.5. The molecule has 3 rings (SSSR count). The molecule has 1 aromatic carbocycles. The fraction of sp³-hybridized carbons (Fsp3) is 0.500. The maximum absolute atomic E-state index is 12.5. The minimum absolute atomic E-state index is 0.0642. The molecule has 0 radical (unpaired) electrons. The number of piperazine rings is 1. The Morgan fingerprint density at radius 1 is 1.23 bits per heavy atom. The molecule has 2 aliphatic rings. The molecule has 0 N–H and O–H groups in total. The molecule has 0 spiro atoms. The van der Waals surface area contributed by atoms with Gasteiger partial charge >= 0.3 is 5.97 Å². The number of likely N-dealkylation sites (N-methyl/N-ethyl adjacent to an activating group) is 1. The van der Waals surface area contributed by atoms with Crippen molar-refractivity contribution >= 4 is 17.6 Å². The summed E-state index contributed by atoms with van der Waals surface area (Å²) in [5, 5.41) is 0. The molecular formula is C16H21N3O3. The van der Waals surface area contributed by atoms with Gasteiger partial charge in [-0.1, -0.05) is 6.07 Å². The van der Waals surface area contributed by atoms with E-state index >= 15 is 0 Å². The van der Waals surface area contributed by atoms with Gasteiger partial charge in [-0.2, -0.15) is 0 Å². The molecule has 0 saturated carbocycles. The van der Waals surface area contributed by atoms with Gasteiger partial charge < -0.3 is 19.4 Å². The highest BCUT2D eigenvalue weighted by atomic mass is 16.5. The zero-order valence-electron chi connectivity index (χ0n) is 13.0. The number of carbonyl (C=O) groups excluding carboxylic acids is 2. The van der Waals surface area contributed by atoms with Crippen molar-refractivity contribution in [2.24, 2.45) is 0 Å². The van der Waals surface area contributed by atoms with Crippen LogP contribution < -0.4 is 9.64 Å². The van der Waals surface area contributed by atoms with Crippen molar-refractivity contribution in [2.75, 3.05) is 51.2 Å². The molecule has 118 valence electrons. The highest BCUT2D eigenvalue weighted by Crippen LogP contribution is 2.32. The Morgan fingerprint density at radius 3 is 2.68 bits per heavy atom. The number of fused-ring (bicyclic) bond motifs is 1. The maximum atomic E-state index is 12.5. The van der Waals surface area contributed by atoms with Crippen molar-refractivity contribution in [1.82, 2.24) is 9.80 Å². The number of rotatable bonds is 2. The van der Waals surface area contributed by atoms with Crippen LogP contribution in [0.3, 0.4) is 0 Å². The van der Waals surface area contributed by atoms with Gasteiger partial charge in [-0.15, -0.1) is 0 Å². The van der Waals surface area contributed by atoms with E-state index in [9.17, 15) is 9.59 Å². The lowest BCUT2D eigenvalue weighted by molar-refractivity contribution is -0.134. The van der Waals surface area contributed by atoms with Gasteiger partial charge in [0, 0.05) is 26.2 Å². The van der Waals surface area contributed by atoms with Gasteiger partial charge in [0.25, 0.3) is 0 Å². The SMILES string of the molecule is Cc1ccc2c(c1)OC(=O)CN2CC(=O)N1CCN(C)CC1. The highest BCUT2D eigenvalue weighted by molar-refractivity contribution is 5.89. The molecule has 1 saturated heterocycles. The largest absolute Gasteiger partial charge is 0.423 e. The number of benzene rings is 1. The van der Waals surface area contributed by atoms with Crippen LogP contribution in [0.2, 0.25) is 0 Å². The third-order valence-corrected chi connectivity index (χ3v) is 4.18. The van der Waals surface area contributed by atoms with Gasteiger partial charge in [0.2, 0.25) is 5.91 Å². The first-order valence-corrected chi connectivity index (χ1v) is 7.55. The van der Waals surface area contributed by atoms with E-state index in [4.69, 9.17) is 4.74 Å². The van der Waals surface area contributed by atoms with Gasteiger partial charge in [-0.3, -0.25) is 4.79 Å². The lowest BCUT2D eigenvalue weighted by atomic mass is 10.1. The molecule has 1 aromatic rings. The van der Waals surface area contributed by atoms with Gasteiger partial charge in [0.05, 0.1) is 12.2 Å². The van der Waals surface area contributed by atoms with Gasteiger partial charge in [0.1, 0.15) is 6.54 Å². The van der Waals surface area contributed by atoms with Gasteiger partial charge in [-0.25, -0.2) is 4.79 Å². The van der Waals surface area contributed by atoms with Crippen molar-refractivity contribution in [3.63, 3.8) is 0 Å². The Balaban J connectivity index is 1.72. The third-order valence-electron chi connectivity index (χ3n) is 4.18. The second-order valence-electron chi connectivity index (χ2n) is 5.99. The number of carbonyl (C=O) groups is 2. The zero-order valence-corrected chi connectivity index (χ0v) is 13.0. The predicted octanol–water partition coefficient (Wildman–Crippen LogP) is 0.494. The Hall–Kier alpha value is -2.08. The fourth-order valence-corrected chi connectivity index (χ4v) is 2.82. The average molecular weight is 303 g/mol. The summed E-state index contributed by atoms with van der Waals surface area (Å²) in [7, 11) is 2.06. The summed E-state index contributed by atoms with van der Waals surface area (Å²) >= 11 is 0. The number of hydrogen-bond donors (Lipinski definition) is 0. The first-order valence-electron chi connectivity index (χ1n) is 7.55. The van der Waals surface area contributed by atoms with E-state index in [1.54, 1.807) is 4.90 Å². The lowest BCUT2D eigenvalue weighted by Crippen LogP contribution is -2.51. The van der Waals surface area contributed by atoms with Crippen LogP contribution in [0.4, 0.5) is 5.69 Å². The van der Waals surface area contributed by atoms with E-state index in [-0.39, 0.29) is 25.0 Å². The van der Waals surface area contributed by atoms with E-state index in [1.165, 1.54) is 0 Å². The van der Waals surface area contributed by atoms with Crippen LogP contribution in [0.5, 0.6) is 5.75 Å². The molecule has 0 atom stereocenters. The van der Waals surface area contributed by atoms with E-state index in [1.807, 2.05) is 30.0 Å². The molecular weight excluding hydrogens is 282 g/mol. The number of aryl methyl sites for hydroxylation is 1. The number of anilines is 1. The summed E-state index contributed by atoms with van der Waals surface area (Å²) in [5.41, 5.74) is 1.84. The summed E-state index contributed by atoms with van der Waals surface area (Å²) in [6.07, 6.45) is 0. The second kappa shape index (κ2) is 5.96. The predicted molar refractivity (Wildman–Crippen MR) is 83.1 cm³/mol. The molecule has 0 bridgehead atoms. The van der Waals surface area contributed by atoms with Crippen molar-refractivity contribution < 1.29 is 14.3 Å². The maximum Gasteiger partial charge on any atom is 0.331 e. The minimum Gasteiger partial charge on any atom is -0.423 e. The Kier molecular flexibility index (Phi) is 4.02. The molecule has 2 aliphatic heterocycles. The average Bonchev–Trinajstić information content (AvgIpc) is 2.47. The van der Waals surface area contributed by atoms with Crippen LogP contribution in [0.25, 0.3) is 0 Å². The summed E-state index contributed by atoms with van der Waals surface area (Å²) in [5.74, 6) is 0.293. The van der Waals surface area contributed by atoms with E-state index in [0.717, 1.165) is 37.4 Å². The summed E-state index contributed by atoms with van der Waals surface area (Å²) in [6.45, 7) is 5.56. The summed E-state index contributed by atoms with van der Waals surface area (Å²) in [6, 6.07) is 5.71. The van der Waals surface area contributed by atoms with Crippen LogP contribution in [-0.2, 0) is 9.59 Å².